The SMILES string of the molecule is COc1ccc(CCC(=O)NC(C)C(C)C)cc1F. The smallest absolute Gasteiger partial charge is 0.220 e. The minimum Gasteiger partial charge on any atom is -0.494 e. The first kappa shape index (κ1) is 15.5. The lowest BCUT2D eigenvalue weighted by molar-refractivity contribution is -0.121. The summed E-state index contributed by atoms with van der Waals surface area (Å²) >= 11 is 0. The molecule has 1 unspecified atom stereocenters. The average Bonchev–Trinajstić information content (AvgIpc) is 2.36. The van der Waals surface area contributed by atoms with E-state index in [2.05, 4.69) is 19.2 Å². The Labute approximate surface area is 114 Å². The summed E-state index contributed by atoms with van der Waals surface area (Å²) in [6.07, 6.45) is 0.889. The molecule has 1 atom stereocenters. The van der Waals surface area contributed by atoms with Crippen LogP contribution in [-0.4, -0.2) is 19.1 Å². The molecular weight excluding hydrogens is 245 g/mol. The van der Waals surface area contributed by atoms with E-state index in [1.165, 1.54) is 13.2 Å². The number of methoxy groups -OCH3 is 1. The lowest BCUT2D eigenvalue weighted by Gasteiger charge is -2.17. The molecule has 0 fully saturated rings. The molecule has 3 nitrogen and oxygen atoms in total. The molecule has 4 heteroatoms. The molecule has 1 N–H and O–H groups in total. The van der Waals surface area contributed by atoms with E-state index in [1.54, 1.807) is 12.1 Å². The second-order valence-electron chi connectivity index (χ2n) is 5.07. The average molecular weight is 267 g/mol. The monoisotopic (exact) mass is 267 g/mol. The maximum atomic E-state index is 13.5. The molecule has 0 saturated heterocycles. The van der Waals surface area contributed by atoms with Crippen LogP contribution in [0.1, 0.15) is 32.8 Å². The van der Waals surface area contributed by atoms with E-state index in [1.807, 2.05) is 6.92 Å². The molecule has 0 saturated carbocycles. The number of halogens is 1. The van der Waals surface area contributed by atoms with Crippen molar-refractivity contribution in [3.8, 4) is 5.75 Å². The highest BCUT2D eigenvalue weighted by Crippen LogP contribution is 2.18. The Hall–Kier alpha value is -1.58. The Morgan fingerprint density at radius 2 is 2.05 bits per heavy atom. The highest BCUT2D eigenvalue weighted by molar-refractivity contribution is 5.76. The van der Waals surface area contributed by atoms with Gasteiger partial charge in [0.25, 0.3) is 0 Å². The van der Waals surface area contributed by atoms with Crippen molar-refractivity contribution >= 4 is 5.91 Å². The Morgan fingerprint density at radius 3 is 2.58 bits per heavy atom. The molecule has 0 spiro atoms. The van der Waals surface area contributed by atoms with Crippen molar-refractivity contribution in [2.24, 2.45) is 5.92 Å². The zero-order valence-electron chi connectivity index (χ0n) is 12.0. The third-order valence-electron chi connectivity index (χ3n) is 3.25. The van der Waals surface area contributed by atoms with E-state index in [4.69, 9.17) is 4.74 Å². The van der Waals surface area contributed by atoms with Gasteiger partial charge in [-0.25, -0.2) is 4.39 Å². The van der Waals surface area contributed by atoms with Gasteiger partial charge in [0.2, 0.25) is 5.91 Å². The van der Waals surface area contributed by atoms with E-state index >= 15 is 0 Å². The summed E-state index contributed by atoms with van der Waals surface area (Å²) in [7, 11) is 1.43. The molecule has 0 aliphatic carbocycles. The number of ether oxygens (including phenoxy) is 1. The van der Waals surface area contributed by atoms with Crippen LogP contribution in [0.4, 0.5) is 4.39 Å². The number of aryl methyl sites for hydroxylation is 1. The molecule has 19 heavy (non-hydrogen) atoms. The van der Waals surface area contributed by atoms with E-state index in [9.17, 15) is 9.18 Å². The molecule has 1 rings (SSSR count). The van der Waals surface area contributed by atoms with Crippen LogP contribution in [0.5, 0.6) is 5.75 Å². The topological polar surface area (TPSA) is 38.3 Å². The van der Waals surface area contributed by atoms with Crippen LogP contribution in [0.25, 0.3) is 0 Å². The van der Waals surface area contributed by atoms with Crippen LogP contribution < -0.4 is 10.1 Å². The highest BCUT2D eigenvalue weighted by atomic mass is 19.1. The Morgan fingerprint density at radius 1 is 1.37 bits per heavy atom. The van der Waals surface area contributed by atoms with Crippen molar-refractivity contribution in [3.63, 3.8) is 0 Å². The van der Waals surface area contributed by atoms with Gasteiger partial charge in [-0.1, -0.05) is 19.9 Å². The lowest BCUT2D eigenvalue weighted by atomic mass is 10.1. The number of benzene rings is 1. The van der Waals surface area contributed by atoms with Crippen LogP contribution in [0, 0.1) is 11.7 Å². The predicted molar refractivity (Wildman–Crippen MR) is 73.7 cm³/mol. The summed E-state index contributed by atoms with van der Waals surface area (Å²) in [4.78, 5) is 11.7. The maximum Gasteiger partial charge on any atom is 0.220 e. The fourth-order valence-corrected chi connectivity index (χ4v) is 1.62. The summed E-state index contributed by atoms with van der Waals surface area (Å²) in [5.41, 5.74) is 0.797. The third-order valence-corrected chi connectivity index (χ3v) is 3.25. The summed E-state index contributed by atoms with van der Waals surface area (Å²) < 4.78 is 18.3. The van der Waals surface area contributed by atoms with Crippen LogP contribution in [-0.2, 0) is 11.2 Å². The molecule has 0 bridgehead atoms. The standard InChI is InChI=1S/C15H22FNO2/c1-10(2)11(3)17-15(18)8-6-12-5-7-14(19-4)13(16)9-12/h5,7,9-11H,6,8H2,1-4H3,(H,17,18). The van der Waals surface area contributed by atoms with Gasteiger partial charge in [-0.05, 0) is 37.0 Å². The summed E-state index contributed by atoms with van der Waals surface area (Å²) in [6.45, 7) is 6.10. The number of carbonyl (C=O) groups is 1. The normalized spacial score (nSPS) is 12.3. The van der Waals surface area contributed by atoms with Crippen molar-refractivity contribution in [1.29, 1.82) is 0 Å². The number of hydrogen-bond acceptors (Lipinski definition) is 2. The zero-order valence-corrected chi connectivity index (χ0v) is 12.0. The van der Waals surface area contributed by atoms with Crippen LogP contribution in [0.15, 0.2) is 18.2 Å². The van der Waals surface area contributed by atoms with Gasteiger partial charge < -0.3 is 10.1 Å². The fourth-order valence-electron chi connectivity index (χ4n) is 1.62. The molecule has 0 aliphatic rings. The molecule has 1 aromatic carbocycles. The fraction of sp³-hybridized carbons (Fsp3) is 0.533. The van der Waals surface area contributed by atoms with Gasteiger partial charge in [-0.2, -0.15) is 0 Å². The van der Waals surface area contributed by atoms with Crippen molar-refractivity contribution in [2.45, 2.75) is 39.7 Å². The molecule has 0 heterocycles. The Balaban J connectivity index is 2.48. The predicted octanol–water partition coefficient (Wildman–Crippen LogP) is 2.93. The van der Waals surface area contributed by atoms with E-state index in [-0.39, 0.29) is 17.7 Å². The van der Waals surface area contributed by atoms with Gasteiger partial charge in [-0.15, -0.1) is 0 Å². The summed E-state index contributed by atoms with van der Waals surface area (Å²) in [5.74, 6) is 0.234. The largest absolute Gasteiger partial charge is 0.494 e. The van der Waals surface area contributed by atoms with Gasteiger partial charge in [-0.3, -0.25) is 4.79 Å². The minimum absolute atomic E-state index is 0.00238. The van der Waals surface area contributed by atoms with Crippen molar-refractivity contribution in [2.75, 3.05) is 7.11 Å². The van der Waals surface area contributed by atoms with Crippen LogP contribution >= 0.6 is 0 Å². The van der Waals surface area contributed by atoms with Crippen molar-refractivity contribution < 1.29 is 13.9 Å². The number of amides is 1. The van der Waals surface area contributed by atoms with E-state index in [0.717, 1.165) is 5.56 Å². The molecule has 1 amide bonds. The van der Waals surface area contributed by atoms with Gasteiger partial charge >= 0.3 is 0 Å². The number of carbonyl (C=O) groups excluding carboxylic acids is 1. The van der Waals surface area contributed by atoms with E-state index < -0.39 is 5.82 Å². The number of nitrogens with one attached hydrogen (secondary N) is 1. The van der Waals surface area contributed by atoms with Gasteiger partial charge in [0.05, 0.1) is 7.11 Å². The third kappa shape index (κ3) is 4.89. The first-order valence-corrected chi connectivity index (χ1v) is 6.55. The highest BCUT2D eigenvalue weighted by Gasteiger charge is 2.11. The number of rotatable bonds is 6. The maximum absolute atomic E-state index is 13.5. The molecule has 0 aromatic heterocycles. The van der Waals surface area contributed by atoms with Crippen LogP contribution in [0.3, 0.4) is 0 Å². The Kier molecular flexibility index (Phi) is 5.80. The first-order chi connectivity index (χ1) is 8.93. The molecule has 106 valence electrons. The lowest BCUT2D eigenvalue weighted by Crippen LogP contribution is -2.36. The van der Waals surface area contributed by atoms with Gasteiger partial charge in [0.15, 0.2) is 11.6 Å². The quantitative estimate of drug-likeness (QED) is 0.860. The molecule has 1 aromatic rings. The zero-order chi connectivity index (χ0) is 14.4. The number of hydrogen-bond donors (Lipinski definition) is 1. The Bertz CT molecular complexity index is 432. The molecule has 0 radical (unpaired) electrons. The van der Waals surface area contributed by atoms with Crippen molar-refractivity contribution in [3.05, 3.63) is 29.6 Å². The summed E-state index contributed by atoms with van der Waals surface area (Å²) in [5, 5.41) is 2.93. The summed E-state index contributed by atoms with van der Waals surface area (Å²) in [6, 6.07) is 4.93. The second-order valence-corrected chi connectivity index (χ2v) is 5.07. The van der Waals surface area contributed by atoms with Crippen LogP contribution in [0.2, 0.25) is 0 Å². The first-order valence-electron chi connectivity index (χ1n) is 6.55. The minimum atomic E-state index is -0.393. The molecular formula is C15H22FNO2. The molecule has 0 aliphatic heterocycles. The van der Waals surface area contributed by atoms with Crippen molar-refractivity contribution in [1.82, 2.24) is 5.32 Å². The van der Waals surface area contributed by atoms with E-state index in [0.29, 0.717) is 18.8 Å². The van der Waals surface area contributed by atoms with Gasteiger partial charge in [0.1, 0.15) is 0 Å². The second kappa shape index (κ2) is 7.12. The van der Waals surface area contributed by atoms with Gasteiger partial charge in [0, 0.05) is 12.5 Å².